The molecule has 14 heavy (non-hydrogen) atoms. The lowest BCUT2D eigenvalue weighted by molar-refractivity contribution is -0.155. The van der Waals surface area contributed by atoms with Gasteiger partial charge in [0.15, 0.2) is 11.5 Å². The first kappa shape index (κ1) is 10.2. The molecule has 1 aromatic heterocycles. The molecule has 0 fully saturated rings. The zero-order valence-corrected chi connectivity index (χ0v) is 6.63. The topological polar surface area (TPSA) is 66.9 Å². The van der Waals surface area contributed by atoms with Crippen molar-refractivity contribution in [3.63, 3.8) is 0 Å². The summed E-state index contributed by atoms with van der Waals surface area (Å²) in [4.78, 5) is 10.9. The maximum absolute atomic E-state index is 11.9. The van der Waals surface area contributed by atoms with Crippen molar-refractivity contribution in [2.75, 3.05) is 0 Å². The van der Waals surface area contributed by atoms with E-state index < -0.39 is 29.8 Å². The van der Waals surface area contributed by atoms with Crippen LogP contribution in [-0.2, 0) is 6.18 Å². The molecule has 0 bridgehead atoms. The number of Topliss-reactive ketones (excluding diaryl/α,β-unsaturated/α-hetero) is 1. The summed E-state index contributed by atoms with van der Waals surface area (Å²) in [5.74, 6) is -2.15. The fraction of sp³-hybridized carbons (Fsp3) is 0.286. The first-order valence-corrected chi connectivity index (χ1v) is 3.39. The number of nitrogens with zero attached hydrogens (tertiary/aromatic N) is 2. The van der Waals surface area contributed by atoms with Crippen molar-refractivity contribution in [1.82, 2.24) is 5.16 Å². The van der Waals surface area contributed by atoms with Gasteiger partial charge in [0.1, 0.15) is 6.42 Å². The van der Waals surface area contributed by atoms with Crippen LogP contribution in [0, 0.1) is 11.3 Å². The normalized spacial score (nSPS) is 11.0. The van der Waals surface area contributed by atoms with Gasteiger partial charge < -0.3 is 4.52 Å². The standard InChI is InChI=1S/C7H3F3N2O2/c8-7(9,10)6-3-4(12-14-6)5(13)1-2-11/h3H,1H2. The lowest BCUT2D eigenvalue weighted by Crippen LogP contribution is -2.02. The second-order valence-electron chi connectivity index (χ2n) is 2.33. The van der Waals surface area contributed by atoms with Crippen molar-refractivity contribution in [3.05, 3.63) is 17.5 Å². The van der Waals surface area contributed by atoms with E-state index in [2.05, 4.69) is 9.68 Å². The number of ketones is 1. The van der Waals surface area contributed by atoms with Crippen LogP contribution in [-0.4, -0.2) is 10.9 Å². The predicted octanol–water partition coefficient (Wildman–Crippen LogP) is 1.79. The summed E-state index contributed by atoms with van der Waals surface area (Å²) in [5.41, 5.74) is -0.487. The maximum Gasteiger partial charge on any atom is 0.452 e. The molecular weight excluding hydrogens is 201 g/mol. The van der Waals surface area contributed by atoms with Gasteiger partial charge in [0.25, 0.3) is 0 Å². The highest BCUT2D eigenvalue weighted by atomic mass is 19.4. The number of carbonyl (C=O) groups excluding carboxylic acids is 1. The minimum Gasteiger partial charge on any atom is -0.351 e. The molecule has 74 valence electrons. The highest BCUT2D eigenvalue weighted by molar-refractivity contribution is 5.95. The molecule has 0 aliphatic heterocycles. The van der Waals surface area contributed by atoms with Crippen LogP contribution < -0.4 is 0 Å². The molecule has 0 aromatic carbocycles. The van der Waals surface area contributed by atoms with E-state index in [-0.39, 0.29) is 0 Å². The van der Waals surface area contributed by atoms with Gasteiger partial charge >= 0.3 is 6.18 Å². The number of alkyl halides is 3. The first-order chi connectivity index (χ1) is 6.45. The quantitative estimate of drug-likeness (QED) is 0.688. The Morgan fingerprint density at radius 2 is 2.29 bits per heavy atom. The van der Waals surface area contributed by atoms with E-state index in [0.29, 0.717) is 6.07 Å². The van der Waals surface area contributed by atoms with Crippen molar-refractivity contribution in [2.24, 2.45) is 0 Å². The largest absolute Gasteiger partial charge is 0.452 e. The molecule has 0 saturated carbocycles. The van der Waals surface area contributed by atoms with E-state index in [1.165, 1.54) is 6.07 Å². The van der Waals surface area contributed by atoms with Crippen LogP contribution in [0.4, 0.5) is 13.2 Å². The van der Waals surface area contributed by atoms with E-state index in [1.54, 1.807) is 0 Å². The Balaban J connectivity index is 2.90. The van der Waals surface area contributed by atoms with Crippen molar-refractivity contribution < 1.29 is 22.5 Å². The number of aromatic nitrogens is 1. The minimum atomic E-state index is -4.67. The maximum atomic E-state index is 11.9. The van der Waals surface area contributed by atoms with Crippen molar-refractivity contribution in [3.8, 4) is 6.07 Å². The zero-order valence-electron chi connectivity index (χ0n) is 6.63. The average Bonchev–Trinajstić information content (AvgIpc) is 2.51. The summed E-state index contributed by atoms with van der Waals surface area (Å²) in [6.07, 6.45) is -5.19. The Labute approximate surface area is 75.9 Å². The van der Waals surface area contributed by atoms with Gasteiger partial charge in [0.2, 0.25) is 5.76 Å². The molecule has 0 aliphatic rings. The number of rotatable bonds is 2. The third-order valence-electron chi connectivity index (χ3n) is 1.31. The molecule has 1 heterocycles. The molecule has 4 nitrogen and oxygen atoms in total. The van der Waals surface area contributed by atoms with E-state index in [0.717, 1.165) is 0 Å². The van der Waals surface area contributed by atoms with Crippen LogP contribution in [0.5, 0.6) is 0 Å². The molecule has 1 aromatic rings. The Morgan fingerprint density at radius 1 is 1.64 bits per heavy atom. The van der Waals surface area contributed by atoms with Crippen molar-refractivity contribution in [1.29, 1.82) is 5.26 Å². The second-order valence-corrected chi connectivity index (χ2v) is 2.33. The first-order valence-electron chi connectivity index (χ1n) is 3.39. The van der Waals surface area contributed by atoms with E-state index in [9.17, 15) is 18.0 Å². The van der Waals surface area contributed by atoms with Gasteiger partial charge in [-0.1, -0.05) is 5.16 Å². The number of carbonyl (C=O) groups is 1. The Morgan fingerprint density at radius 3 is 2.71 bits per heavy atom. The molecule has 0 atom stereocenters. The van der Waals surface area contributed by atoms with E-state index in [1.807, 2.05) is 0 Å². The lowest BCUT2D eigenvalue weighted by atomic mass is 10.2. The van der Waals surface area contributed by atoms with Gasteiger partial charge in [-0.15, -0.1) is 0 Å². The SMILES string of the molecule is N#CCC(=O)c1cc(C(F)(F)F)on1. The molecule has 0 spiro atoms. The molecule has 0 radical (unpaired) electrons. The molecule has 0 saturated heterocycles. The number of halogens is 3. The zero-order chi connectivity index (χ0) is 10.8. The Bertz CT molecular complexity index is 388. The van der Waals surface area contributed by atoms with Crippen LogP contribution in [0.15, 0.2) is 10.6 Å². The molecule has 1 rings (SSSR count). The molecule has 0 N–H and O–H groups in total. The number of hydrogen-bond acceptors (Lipinski definition) is 4. The smallest absolute Gasteiger partial charge is 0.351 e. The van der Waals surface area contributed by atoms with E-state index >= 15 is 0 Å². The summed E-state index contributed by atoms with van der Waals surface area (Å²) in [6, 6.07) is 1.97. The third-order valence-corrected chi connectivity index (χ3v) is 1.31. The highest BCUT2D eigenvalue weighted by Gasteiger charge is 2.36. The fourth-order valence-electron chi connectivity index (χ4n) is 0.703. The van der Waals surface area contributed by atoms with Gasteiger partial charge in [0, 0.05) is 6.07 Å². The van der Waals surface area contributed by atoms with Gasteiger partial charge in [-0.05, 0) is 0 Å². The predicted molar refractivity (Wildman–Crippen MR) is 36.1 cm³/mol. The summed E-state index contributed by atoms with van der Waals surface area (Å²) >= 11 is 0. The Hall–Kier alpha value is -1.84. The Kier molecular flexibility index (Phi) is 2.56. The van der Waals surface area contributed by atoms with Crippen LogP contribution in [0.25, 0.3) is 0 Å². The van der Waals surface area contributed by atoms with Crippen molar-refractivity contribution >= 4 is 5.78 Å². The number of nitriles is 1. The molecule has 7 heteroatoms. The van der Waals surface area contributed by atoms with Gasteiger partial charge in [-0.3, -0.25) is 4.79 Å². The highest BCUT2D eigenvalue weighted by Crippen LogP contribution is 2.29. The average molecular weight is 204 g/mol. The minimum absolute atomic E-state index is 0.472. The molecule has 0 amide bonds. The summed E-state index contributed by atoms with van der Waals surface area (Å²) in [5, 5.41) is 11.0. The third kappa shape index (κ3) is 2.10. The monoisotopic (exact) mass is 204 g/mol. The van der Waals surface area contributed by atoms with E-state index in [4.69, 9.17) is 5.26 Å². The summed E-state index contributed by atoms with van der Waals surface area (Å²) in [7, 11) is 0. The van der Waals surface area contributed by atoms with Gasteiger partial charge in [-0.25, -0.2) is 0 Å². The molecule has 0 unspecified atom stereocenters. The van der Waals surface area contributed by atoms with Crippen LogP contribution in [0.3, 0.4) is 0 Å². The van der Waals surface area contributed by atoms with Crippen LogP contribution in [0.1, 0.15) is 22.7 Å². The molecular formula is C7H3F3N2O2. The molecule has 0 aliphatic carbocycles. The van der Waals surface area contributed by atoms with Gasteiger partial charge in [0.05, 0.1) is 6.07 Å². The number of hydrogen-bond donors (Lipinski definition) is 0. The summed E-state index contributed by atoms with van der Waals surface area (Å²) in [6.45, 7) is 0. The van der Waals surface area contributed by atoms with Crippen LogP contribution in [0.2, 0.25) is 0 Å². The lowest BCUT2D eigenvalue weighted by Gasteiger charge is -1.97. The fourth-order valence-corrected chi connectivity index (χ4v) is 0.703. The van der Waals surface area contributed by atoms with Crippen molar-refractivity contribution in [2.45, 2.75) is 12.6 Å². The second kappa shape index (κ2) is 3.49. The van der Waals surface area contributed by atoms with Crippen LogP contribution >= 0.6 is 0 Å². The summed E-state index contributed by atoms with van der Waals surface area (Å²) < 4.78 is 39.7. The van der Waals surface area contributed by atoms with Gasteiger partial charge in [-0.2, -0.15) is 18.4 Å².